The molecule has 0 unspecified atom stereocenters. The van der Waals surface area contributed by atoms with Gasteiger partial charge in [0.1, 0.15) is 19.7 Å². The first kappa shape index (κ1) is 14.6. The number of nitrogens with two attached hydrogens (primary N) is 2. The lowest BCUT2D eigenvalue weighted by molar-refractivity contribution is -0.121. The van der Waals surface area contributed by atoms with Crippen LogP contribution in [0.3, 0.4) is 0 Å². The summed E-state index contributed by atoms with van der Waals surface area (Å²) in [5.41, 5.74) is 11.1. The van der Waals surface area contributed by atoms with E-state index in [1.807, 2.05) is 0 Å². The summed E-state index contributed by atoms with van der Waals surface area (Å²) < 4.78 is 5.49. The van der Waals surface area contributed by atoms with Crippen molar-refractivity contribution in [3.63, 3.8) is 0 Å². The van der Waals surface area contributed by atoms with Crippen LogP contribution >= 0.6 is 0 Å². The summed E-state index contributed by atoms with van der Waals surface area (Å²) >= 11 is 0. The van der Waals surface area contributed by atoms with Gasteiger partial charge in [-0.25, -0.2) is 0 Å². The average molecular weight is 292 g/mol. The van der Waals surface area contributed by atoms with Crippen molar-refractivity contribution >= 4 is 23.4 Å². The molecular weight excluding hydrogens is 276 g/mol. The molecule has 112 valence electrons. The van der Waals surface area contributed by atoms with Crippen molar-refractivity contribution in [2.45, 2.75) is 0 Å². The van der Waals surface area contributed by atoms with E-state index < -0.39 is 30.8 Å². The number of hydrogen-bond acceptors (Lipinski definition) is 5. The minimum absolute atomic E-state index is 0.252. The van der Waals surface area contributed by atoms with Gasteiger partial charge in [-0.15, -0.1) is 0 Å². The first-order chi connectivity index (χ1) is 9.99. The molecule has 1 aliphatic rings. The van der Waals surface area contributed by atoms with Gasteiger partial charge in [0.25, 0.3) is 5.91 Å². The minimum atomic E-state index is -0.728. The maximum Gasteiger partial charge on any atom is 0.258 e. The van der Waals surface area contributed by atoms with Crippen molar-refractivity contribution in [3.05, 3.63) is 23.8 Å². The Balaban J connectivity index is 2.32. The number of benzene rings is 1. The number of carbonyl (C=O) groups excluding carboxylic acids is 3. The van der Waals surface area contributed by atoms with Crippen molar-refractivity contribution in [3.8, 4) is 5.75 Å². The lowest BCUT2D eigenvalue weighted by Crippen LogP contribution is -2.43. The smallest absolute Gasteiger partial charge is 0.258 e. The number of primary amides is 2. The second kappa shape index (κ2) is 6.12. The van der Waals surface area contributed by atoms with Gasteiger partial charge in [0.2, 0.25) is 11.8 Å². The molecule has 0 spiro atoms. The van der Waals surface area contributed by atoms with Crippen LogP contribution in [-0.4, -0.2) is 48.9 Å². The number of hydrogen-bond donors (Lipinski definition) is 3. The number of fused-ring (bicyclic) bond motifs is 1. The van der Waals surface area contributed by atoms with Gasteiger partial charge in [-0.3, -0.25) is 14.4 Å². The Morgan fingerprint density at radius 2 is 1.86 bits per heavy atom. The third kappa shape index (κ3) is 3.41. The van der Waals surface area contributed by atoms with Gasteiger partial charge in [0, 0.05) is 6.54 Å². The maximum atomic E-state index is 12.5. The fraction of sp³-hybridized carbons (Fsp3) is 0.308. The van der Waals surface area contributed by atoms with Crippen LogP contribution in [0.4, 0.5) is 5.69 Å². The van der Waals surface area contributed by atoms with Crippen LogP contribution in [0, 0.1) is 0 Å². The fourth-order valence-corrected chi connectivity index (χ4v) is 2.09. The molecule has 1 aliphatic heterocycles. The number of ether oxygens (including phenoxy) is 1. The van der Waals surface area contributed by atoms with Gasteiger partial charge >= 0.3 is 0 Å². The Kier molecular flexibility index (Phi) is 4.27. The lowest BCUT2D eigenvalue weighted by Gasteiger charge is -2.24. The first-order valence-electron chi connectivity index (χ1n) is 6.34. The maximum absolute atomic E-state index is 12.5. The topological polar surface area (TPSA) is 128 Å². The molecule has 1 aromatic rings. The number of amides is 3. The number of para-hydroxylation sites is 1. The monoisotopic (exact) mass is 292 g/mol. The second-order valence-electron chi connectivity index (χ2n) is 4.55. The molecule has 0 radical (unpaired) electrons. The molecule has 0 saturated carbocycles. The number of carbonyl (C=O) groups is 3. The van der Waals surface area contributed by atoms with Crippen LogP contribution in [-0.2, 0) is 9.59 Å². The van der Waals surface area contributed by atoms with Crippen LogP contribution in [0.1, 0.15) is 10.4 Å². The van der Waals surface area contributed by atoms with E-state index in [0.29, 0.717) is 24.6 Å². The lowest BCUT2D eigenvalue weighted by atomic mass is 10.1. The van der Waals surface area contributed by atoms with Gasteiger partial charge in [0.05, 0.1) is 11.3 Å². The van der Waals surface area contributed by atoms with Crippen LogP contribution in [0.25, 0.3) is 0 Å². The fourth-order valence-electron chi connectivity index (χ4n) is 2.09. The van der Waals surface area contributed by atoms with Crippen molar-refractivity contribution in [1.29, 1.82) is 0 Å². The normalized spacial score (nSPS) is 12.6. The Hall–Kier alpha value is -2.77. The Labute approximate surface area is 121 Å². The molecule has 1 aromatic carbocycles. The third-order valence-corrected chi connectivity index (χ3v) is 2.89. The van der Waals surface area contributed by atoms with Crippen LogP contribution in [0.2, 0.25) is 0 Å². The summed E-state index contributed by atoms with van der Waals surface area (Å²) in [6, 6.07) is 5.02. The quantitative estimate of drug-likeness (QED) is 0.635. The number of anilines is 1. The molecule has 8 heteroatoms. The number of nitrogens with zero attached hydrogens (tertiary/aromatic N) is 1. The molecule has 21 heavy (non-hydrogen) atoms. The van der Waals surface area contributed by atoms with Crippen LogP contribution < -0.4 is 21.5 Å². The highest BCUT2D eigenvalue weighted by Crippen LogP contribution is 2.31. The minimum Gasteiger partial charge on any atom is -0.489 e. The zero-order valence-corrected chi connectivity index (χ0v) is 11.3. The summed E-state index contributed by atoms with van der Waals surface area (Å²) in [5, 5.41) is 3.10. The zero-order valence-electron chi connectivity index (χ0n) is 11.3. The van der Waals surface area contributed by atoms with E-state index in [4.69, 9.17) is 16.2 Å². The second-order valence-corrected chi connectivity index (χ2v) is 4.55. The summed E-state index contributed by atoms with van der Waals surface area (Å²) in [5.74, 6) is -1.59. The summed E-state index contributed by atoms with van der Waals surface area (Å²) in [6.45, 7) is 0.275. The predicted octanol–water partition coefficient (Wildman–Crippen LogP) is -1.10. The Bertz CT molecular complexity index is 572. The highest BCUT2D eigenvalue weighted by molar-refractivity contribution is 6.01. The predicted molar refractivity (Wildman–Crippen MR) is 74.7 cm³/mol. The van der Waals surface area contributed by atoms with Crippen molar-refractivity contribution < 1.29 is 19.1 Å². The number of rotatable bonds is 5. The molecule has 0 bridgehead atoms. The van der Waals surface area contributed by atoms with E-state index in [1.54, 1.807) is 18.2 Å². The highest BCUT2D eigenvalue weighted by atomic mass is 16.5. The standard InChI is InChI=1S/C13H16N4O4/c14-10(18)6-17(7-11(15)19)13(20)8-2-1-3-9-12(8)21-5-4-16-9/h1-3,16H,4-7H2,(H2,14,18)(H2,15,19). The molecule has 2 rings (SSSR count). The molecule has 5 N–H and O–H groups in total. The zero-order chi connectivity index (χ0) is 15.4. The molecule has 0 fully saturated rings. The summed E-state index contributed by atoms with van der Waals surface area (Å²) in [7, 11) is 0. The molecule has 1 heterocycles. The molecule has 8 nitrogen and oxygen atoms in total. The van der Waals surface area contributed by atoms with E-state index in [1.165, 1.54) is 0 Å². The van der Waals surface area contributed by atoms with Gasteiger partial charge < -0.3 is 26.4 Å². The largest absolute Gasteiger partial charge is 0.489 e. The molecule has 0 atom stereocenters. The van der Waals surface area contributed by atoms with Crippen LogP contribution in [0.15, 0.2) is 18.2 Å². The van der Waals surface area contributed by atoms with Crippen molar-refractivity contribution in [1.82, 2.24) is 4.90 Å². The van der Waals surface area contributed by atoms with E-state index in [9.17, 15) is 14.4 Å². The van der Waals surface area contributed by atoms with E-state index in [2.05, 4.69) is 5.32 Å². The van der Waals surface area contributed by atoms with E-state index >= 15 is 0 Å². The molecular formula is C13H16N4O4. The summed E-state index contributed by atoms with van der Waals surface area (Å²) in [4.78, 5) is 35.6. The Morgan fingerprint density at radius 1 is 1.19 bits per heavy atom. The van der Waals surface area contributed by atoms with Gasteiger partial charge in [-0.1, -0.05) is 6.07 Å². The van der Waals surface area contributed by atoms with Gasteiger partial charge in [-0.2, -0.15) is 0 Å². The summed E-state index contributed by atoms with van der Waals surface area (Å²) in [6.07, 6.45) is 0. The van der Waals surface area contributed by atoms with Crippen LogP contribution in [0.5, 0.6) is 5.75 Å². The average Bonchev–Trinajstić information content (AvgIpc) is 2.44. The third-order valence-electron chi connectivity index (χ3n) is 2.89. The molecule has 0 saturated heterocycles. The molecule has 0 aliphatic carbocycles. The van der Waals surface area contributed by atoms with Gasteiger partial charge in [-0.05, 0) is 12.1 Å². The van der Waals surface area contributed by atoms with Gasteiger partial charge in [0.15, 0.2) is 5.75 Å². The van der Waals surface area contributed by atoms with E-state index in [-0.39, 0.29) is 5.56 Å². The van der Waals surface area contributed by atoms with Crippen molar-refractivity contribution in [2.75, 3.05) is 31.6 Å². The van der Waals surface area contributed by atoms with E-state index in [0.717, 1.165) is 4.90 Å². The number of nitrogens with one attached hydrogen (secondary N) is 1. The Morgan fingerprint density at radius 3 is 2.48 bits per heavy atom. The molecule has 3 amide bonds. The molecule has 0 aromatic heterocycles. The highest BCUT2D eigenvalue weighted by Gasteiger charge is 2.25. The SMILES string of the molecule is NC(=O)CN(CC(N)=O)C(=O)c1cccc2c1OCCN2. The first-order valence-corrected chi connectivity index (χ1v) is 6.34. The van der Waals surface area contributed by atoms with Crippen molar-refractivity contribution in [2.24, 2.45) is 11.5 Å².